The zero-order chi connectivity index (χ0) is 17.9. The van der Waals surface area contributed by atoms with Crippen LogP contribution < -0.4 is 4.18 Å². The lowest BCUT2D eigenvalue weighted by Crippen LogP contribution is -2.29. The molecule has 8 heteroatoms. The molecule has 0 aliphatic carbocycles. The van der Waals surface area contributed by atoms with E-state index in [1.165, 1.54) is 22.7 Å². The molecule has 3 rings (SSSR count). The third kappa shape index (κ3) is 4.39. The Kier molecular flexibility index (Phi) is 5.41. The average Bonchev–Trinajstić information content (AvgIpc) is 3.22. The third-order valence-corrected chi connectivity index (χ3v) is 5.44. The highest BCUT2D eigenvalue weighted by Crippen LogP contribution is 2.27. The van der Waals surface area contributed by atoms with Crippen molar-refractivity contribution >= 4 is 56.7 Å². The molecule has 0 amide bonds. The molecule has 0 bridgehead atoms. The highest BCUT2D eigenvalue weighted by molar-refractivity contribution is 7.90. The number of thiazole rings is 1. The van der Waals surface area contributed by atoms with Gasteiger partial charge in [0.05, 0.1) is 10.2 Å². The van der Waals surface area contributed by atoms with E-state index in [0.29, 0.717) is 22.4 Å². The monoisotopic (exact) mass is 392 g/mol. The maximum absolute atomic E-state index is 12.8. The second-order valence-corrected chi connectivity index (χ2v) is 8.56. The van der Waals surface area contributed by atoms with E-state index in [0.717, 1.165) is 10.2 Å². The topological polar surface area (TPSA) is 60.8 Å². The highest BCUT2D eigenvalue weighted by Gasteiger charge is 2.30. The van der Waals surface area contributed by atoms with Gasteiger partial charge in [-0.1, -0.05) is 38.1 Å². The molecule has 3 aromatic rings. The van der Waals surface area contributed by atoms with Gasteiger partial charge in [-0.3, -0.25) is 9.08 Å². The zero-order valence-corrected chi connectivity index (χ0v) is 16.3. The van der Waals surface area contributed by atoms with Crippen molar-refractivity contribution in [1.29, 1.82) is 0 Å². The fourth-order valence-electron chi connectivity index (χ4n) is 1.92. The van der Waals surface area contributed by atoms with Crippen LogP contribution in [0.25, 0.3) is 10.2 Å². The predicted molar refractivity (Wildman–Crippen MR) is 104 cm³/mol. The van der Waals surface area contributed by atoms with Crippen molar-refractivity contribution in [3.8, 4) is 5.06 Å². The minimum atomic E-state index is -0.598. The lowest BCUT2D eigenvalue weighted by atomic mass is 9.88. The summed E-state index contributed by atoms with van der Waals surface area (Å²) in [6.07, 6.45) is 0. The van der Waals surface area contributed by atoms with Crippen molar-refractivity contribution in [1.82, 2.24) is 4.98 Å². The quantitative estimate of drug-likeness (QED) is 0.245. The lowest BCUT2D eigenvalue weighted by molar-refractivity contribution is -0.119. The van der Waals surface area contributed by atoms with Gasteiger partial charge in [-0.15, -0.1) is 22.7 Å². The number of Topliss-reactive ketones (excluding diaryl/α,β-unsaturated/α-hetero) is 1. The van der Waals surface area contributed by atoms with Crippen LogP contribution in [0.5, 0.6) is 5.06 Å². The van der Waals surface area contributed by atoms with Crippen LogP contribution in [-0.2, 0) is 9.08 Å². The highest BCUT2D eigenvalue weighted by atomic mass is 32.2. The van der Waals surface area contributed by atoms with E-state index >= 15 is 0 Å². The maximum Gasteiger partial charge on any atom is 0.319 e. The molecule has 0 aliphatic heterocycles. The Morgan fingerprint density at radius 2 is 2.00 bits per heavy atom. The Morgan fingerprint density at radius 1 is 1.20 bits per heavy atom. The van der Waals surface area contributed by atoms with Crippen LogP contribution in [0.15, 0.2) is 46.9 Å². The van der Waals surface area contributed by atoms with Crippen LogP contribution in [0.3, 0.4) is 0 Å². The Balaban J connectivity index is 1.83. The Bertz CT molecular complexity index is 862. The molecule has 0 radical (unpaired) electrons. The summed E-state index contributed by atoms with van der Waals surface area (Å²) in [5.41, 5.74) is 0.439. The number of carbonyl (C=O) groups excluding carboxylic acids is 1. The molecule has 2 heterocycles. The standard InChI is InChI=1S/C17H16N2O3S3/c1-17(2,3)15(20)14(19-22-25-21-13-9-6-10-23-13)16-18-11-7-4-5-8-12(11)24-16/h4-10H,1-3H3/b19-14+. The van der Waals surface area contributed by atoms with Crippen molar-refractivity contribution in [3.63, 3.8) is 0 Å². The van der Waals surface area contributed by atoms with Gasteiger partial charge < -0.3 is 4.18 Å². The van der Waals surface area contributed by atoms with E-state index in [-0.39, 0.29) is 11.5 Å². The second-order valence-electron chi connectivity index (χ2n) is 6.16. The van der Waals surface area contributed by atoms with Crippen molar-refractivity contribution in [3.05, 3.63) is 46.8 Å². The molecule has 2 aromatic heterocycles. The van der Waals surface area contributed by atoms with Gasteiger partial charge in [-0.2, -0.15) is 0 Å². The number of ketones is 1. The predicted octanol–water partition coefficient (Wildman–Crippen LogP) is 5.34. The van der Waals surface area contributed by atoms with E-state index in [2.05, 4.69) is 10.1 Å². The number of thiophene rings is 1. The molecule has 0 N–H and O–H groups in total. The third-order valence-electron chi connectivity index (χ3n) is 3.16. The smallest absolute Gasteiger partial charge is 0.319 e. The number of rotatable bonds is 6. The number of fused-ring (bicyclic) bond motifs is 1. The van der Waals surface area contributed by atoms with Crippen LogP contribution in [0.4, 0.5) is 0 Å². The first-order valence-electron chi connectivity index (χ1n) is 7.48. The summed E-state index contributed by atoms with van der Waals surface area (Å²) in [7, 11) is 0. The number of hydrogen-bond donors (Lipinski definition) is 0. The summed E-state index contributed by atoms with van der Waals surface area (Å²) >= 11 is 3.57. The number of hydrogen-bond acceptors (Lipinski definition) is 8. The first-order chi connectivity index (χ1) is 11.9. The first-order valence-corrected chi connectivity index (χ1v) is 9.84. The summed E-state index contributed by atoms with van der Waals surface area (Å²) in [5.74, 6) is -0.136. The van der Waals surface area contributed by atoms with Gasteiger partial charge >= 0.3 is 12.3 Å². The number of para-hydroxylation sites is 1. The van der Waals surface area contributed by atoms with E-state index in [1.54, 1.807) is 0 Å². The molecule has 130 valence electrons. The normalized spacial score (nSPS) is 12.4. The van der Waals surface area contributed by atoms with Crippen molar-refractivity contribution in [2.45, 2.75) is 20.8 Å². The maximum atomic E-state index is 12.8. The Morgan fingerprint density at radius 3 is 2.68 bits per heavy atom. The molecule has 0 atom stereocenters. The summed E-state index contributed by atoms with van der Waals surface area (Å²) in [4.78, 5) is 17.3. The summed E-state index contributed by atoms with van der Waals surface area (Å²) in [6.45, 7) is 5.52. The van der Waals surface area contributed by atoms with Crippen LogP contribution in [0.1, 0.15) is 25.8 Å². The van der Waals surface area contributed by atoms with Gasteiger partial charge in [0.1, 0.15) is 5.01 Å². The molecule has 0 saturated carbocycles. The molecular formula is C17H16N2O3S3. The van der Waals surface area contributed by atoms with Crippen LogP contribution in [0.2, 0.25) is 0 Å². The van der Waals surface area contributed by atoms with Gasteiger partial charge in [0.15, 0.2) is 16.6 Å². The molecule has 25 heavy (non-hydrogen) atoms. The molecule has 1 aromatic carbocycles. The fraction of sp³-hybridized carbons (Fsp3) is 0.235. The Hall–Kier alpha value is -1.90. The minimum Gasteiger partial charge on any atom is -0.379 e. The molecule has 0 aliphatic rings. The zero-order valence-electron chi connectivity index (χ0n) is 13.9. The Labute approximate surface area is 158 Å². The minimum absolute atomic E-state index is 0.136. The van der Waals surface area contributed by atoms with Crippen LogP contribution in [0, 0.1) is 5.41 Å². The van der Waals surface area contributed by atoms with Gasteiger partial charge in [0.2, 0.25) is 0 Å². The van der Waals surface area contributed by atoms with Gasteiger partial charge in [-0.05, 0) is 29.6 Å². The lowest BCUT2D eigenvalue weighted by Gasteiger charge is -2.16. The van der Waals surface area contributed by atoms with Crippen molar-refractivity contribution in [2.75, 3.05) is 0 Å². The number of oxime groups is 1. The number of nitrogens with zero attached hydrogens (tertiary/aromatic N) is 2. The molecule has 5 nitrogen and oxygen atoms in total. The molecule has 0 fully saturated rings. The van der Waals surface area contributed by atoms with E-state index in [1.807, 2.05) is 62.5 Å². The van der Waals surface area contributed by atoms with Gasteiger partial charge in [0.25, 0.3) is 0 Å². The molecule has 0 unspecified atom stereocenters. The van der Waals surface area contributed by atoms with Crippen LogP contribution >= 0.6 is 35.0 Å². The summed E-state index contributed by atoms with van der Waals surface area (Å²) in [6, 6.07) is 11.4. The number of benzene rings is 1. The van der Waals surface area contributed by atoms with Gasteiger partial charge in [-0.25, -0.2) is 4.98 Å². The number of carbonyl (C=O) groups is 1. The second kappa shape index (κ2) is 7.55. The molecule has 0 spiro atoms. The summed E-state index contributed by atoms with van der Waals surface area (Å²) in [5, 5.41) is 7.15. The van der Waals surface area contributed by atoms with Crippen molar-refractivity contribution in [2.24, 2.45) is 10.6 Å². The largest absolute Gasteiger partial charge is 0.379 e. The van der Waals surface area contributed by atoms with Gasteiger partial charge in [0, 0.05) is 5.41 Å². The van der Waals surface area contributed by atoms with E-state index in [4.69, 9.17) is 8.47 Å². The SMILES string of the molecule is CC(C)(C)C(=O)/C(=N\OSOc1cccs1)c1nc2ccccc2s1. The van der Waals surface area contributed by atoms with Crippen molar-refractivity contribution < 1.29 is 13.3 Å². The number of aromatic nitrogens is 1. The molecular weight excluding hydrogens is 376 g/mol. The average molecular weight is 393 g/mol. The van der Waals surface area contributed by atoms with E-state index in [9.17, 15) is 4.79 Å². The summed E-state index contributed by atoms with van der Waals surface area (Å²) < 4.78 is 11.5. The van der Waals surface area contributed by atoms with E-state index < -0.39 is 5.41 Å². The van der Waals surface area contributed by atoms with Crippen LogP contribution in [-0.4, -0.2) is 16.5 Å². The molecule has 0 saturated heterocycles. The first kappa shape index (κ1) is 17.9. The fourth-order valence-corrected chi connectivity index (χ4v) is 3.81.